The maximum atomic E-state index is 12.6. The maximum absolute atomic E-state index is 12.6. The van der Waals surface area contributed by atoms with E-state index < -0.39 is 0 Å². The Morgan fingerprint density at radius 2 is 2.00 bits per heavy atom. The Hall–Kier alpha value is -2.17. The molecule has 2 saturated carbocycles. The van der Waals surface area contributed by atoms with E-state index in [2.05, 4.69) is 26.9 Å². The lowest BCUT2D eigenvalue weighted by molar-refractivity contribution is -0.132. The lowest BCUT2D eigenvalue weighted by atomic mass is 10.1. The molecule has 4 rings (SSSR count). The summed E-state index contributed by atoms with van der Waals surface area (Å²) < 4.78 is 2.06. The smallest absolute Gasteiger partial charge is 0.226 e. The van der Waals surface area contributed by atoms with E-state index in [4.69, 9.17) is 0 Å². The number of hydrogen-bond donors (Lipinski definition) is 0. The highest BCUT2D eigenvalue weighted by Gasteiger charge is 2.45. The molecule has 2 atom stereocenters. The summed E-state index contributed by atoms with van der Waals surface area (Å²) in [5.41, 5.74) is 1.27. The number of hydrogen-bond acceptors (Lipinski definition) is 3. The summed E-state index contributed by atoms with van der Waals surface area (Å²) >= 11 is 0. The van der Waals surface area contributed by atoms with Gasteiger partial charge in [-0.15, -0.1) is 10.2 Å². The lowest BCUT2D eigenvalue weighted by Gasteiger charge is -2.17. The Morgan fingerprint density at radius 1 is 1.26 bits per heavy atom. The maximum Gasteiger partial charge on any atom is 0.226 e. The van der Waals surface area contributed by atoms with Crippen LogP contribution in [0, 0.1) is 5.92 Å². The van der Waals surface area contributed by atoms with Crippen LogP contribution in [0.4, 0.5) is 0 Å². The summed E-state index contributed by atoms with van der Waals surface area (Å²) in [7, 11) is 3.87. The minimum Gasteiger partial charge on any atom is -0.338 e. The zero-order valence-corrected chi connectivity index (χ0v) is 13.6. The average Bonchev–Trinajstić information content (AvgIpc) is 3.48. The van der Waals surface area contributed by atoms with Crippen LogP contribution in [-0.2, 0) is 18.4 Å². The molecule has 2 aliphatic carbocycles. The lowest BCUT2D eigenvalue weighted by Crippen LogP contribution is -2.29. The first-order valence-electron chi connectivity index (χ1n) is 8.33. The first-order chi connectivity index (χ1) is 11.1. The summed E-state index contributed by atoms with van der Waals surface area (Å²) in [6.45, 7) is 0.535. The fraction of sp³-hybridized carbons (Fsp3) is 0.500. The van der Waals surface area contributed by atoms with Gasteiger partial charge in [0.2, 0.25) is 5.91 Å². The molecular formula is C18H22N4O. The molecule has 2 unspecified atom stereocenters. The molecule has 2 aromatic rings. The van der Waals surface area contributed by atoms with Crippen molar-refractivity contribution in [1.82, 2.24) is 19.7 Å². The molecule has 120 valence electrons. The van der Waals surface area contributed by atoms with E-state index in [9.17, 15) is 4.79 Å². The van der Waals surface area contributed by atoms with Crippen LogP contribution in [0.25, 0.3) is 0 Å². The molecule has 1 aromatic carbocycles. The van der Waals surface area contributed by atoms with Crippen molar-refractivity contribution in [1.29, 1.82) is 0 Å². The molecule has 0 aliphatic heterocycles. The van der Waals surface area contributed by atoms with Crippen LogP contribution >= 0.6 is 0 Å². The predicted octanol–water partition coefficient (Wildman–Crippen LogP) is 2.45. The van der Waals surface area contributed by atoms with E-state index in [0.717, 1.165) is 18.1 Å². The predicted molar refractivity (Wildman–Crippen MR) is 86.7 cm³/mol. The molecule has 5 heteroatoms. The van der Waals surface area contributed by atoms with E-state index in [-0.39, 0.29) is 11.8 Å². The normalized spacial score (nSPS) is 22.9. The molecular weight excluding hydrogens is 288 g/mol. The molecule has 0 N–H and O–H groups in total. The Labute approximate surface area is 136 Å². The second kappa shape index (κ2) is 5.48. The largest absolute Gasteiger partial charge is 0.338 e. The van der Waals surface area contributed by atoms with Crippen molar-refractivity contribution >= 4 is 5.91 Å². The van der Waals surface area contributed by atoms with Crippen molar-refractivity contribution in [2.75, 3.05) is 7.05 Å². The summed E-state index contributed by atoms with van der Waals surface area (Å²) in [6.07, 6.45) is 3.38. The molecule has 0 spiro atoms. The van der Waals surface area contributed by atoms with Crippen LogP contribution in [0.3, 0.4) is 0 Å². The van der Waals surface area contributed by atoms with E-state index in [1.54, 1.807) is 4.90 Å². The van der Waals surface area contributed by atoms with Gasteiger partial charge in [0.25, 0.3) is 0 Å². The fourth-order valence-electron chi connectivity index (χ4n) is 3.32. The van der Waals surface area contributed by atoms with Gasteiger partial charge < -0.3 is 9.47 Å². The summed E-state index contributed by atoms with van der Waals surface area (Å²) in [5, 5.41) is 8.56. The average molecular weight is 310 g/mol. The first kappa shape index (κ1) is 14.4. The fourth-order valence-corrected chi connectivity index (χ4v) is 3.32. The topological polar surface area (TPSA) is 51.0 Å². The molecule has 2 fully saturated rings. The SMILES string of the molecule is CN(Cc1nnc(C2CC2)n1C)C(=O)C1CC1c1ccccc1. The number of nitrogens with zero attached hydrogens (tertiary/aromatic N) is 4. The zero-order chi connectivity index (χ0) is 16.0. The Bertz CT molecular complexity index is 720. The Morgan fingerprint density at radius 3 is 2.70 bits per heavy atom. The second-order valence-electron chi connectivity index (χ2n) is 6.86. The quantitative estimate of drug-likeness (QED) is 0.852. The molecule has 23 heavy (non-hydrogen) atoms. The molecule has 5 nitrogen and oxygen atoms in total. The first-order valence-corrected chi connectivity index (χ1v) is 8.33. The number of amides is 1. The van der Waals surface area contributed by atoms with Gasteiger partial charge in [0, 0.05) is 25.9 Å². The van der Waals surface area contributed by atoms with Crippen LogP contribution in [0.5, 0.6) is 0 Å². The van der Waals surface area contributed by atoms with Crippen LogP contribution in [0.2, 0.25) is 0 Å². The van der Waals surface area contributed by atoms with Crippen LogP contribution in [0.15, 0.2) is 30.3 Å². The highest BCUT2D eigenvalue weighted by Crippen LogP contribution is 2.48. The van der Waals surface area contributed by atoms with Gasteiger partial charge in [-0.05, 0) is 30.7 Å². The highest BCUT2D eigenvalue weighted by atomic mass is 16.2. The summed E-state index contributed by atoms with van der Waals surface area (Å²) in [6, 6.07) is 10.3. The highest BCUT2D eigenvalue weighted by molar-refractivity contribution is 5.82. The number of carbonyl (C=O) groups excluding carboxylic acids is 1. The monoisotopic (exact) mass is 310 g/mol. The molecule has 1 amide bonds. The van der Waals surface area contributed by atoms with E-state index in [1.165, 1.54) is 18.4 Å². The van der Waals surface area contributed by atoms with E-state index >= 15 is 0 Å². The van der Waals surface area contributed by atoms with Crippen LogP contribution in [-0.4, -0.2) is 32.6 Å². The van der Waals surface area contributed by atoms with Crippen molar-refractivity contribution in [3.8, 4) is 0 Å². The van der Waals surface area contributed by atoms with E-state index in [1.807, 2.05) is 32.3 Å². The van der Waals surface area contributed by atoms with Crippen LogP contribution in [0.1, 0.15) is 48.3 Å². The van der Waals surface area contributed by atoms with Gasteiger partial charge in [-0.1, -0.05) is 30.3 Å². The van der Waals surface area contributed by atoms with Gasteiger partial charge in [-0.3, -0.25) is 4.79 Å². The summed E-state index contributed by atoms with van der Waals surface area (Å²) in [5.74, 6) is 3.24. The third kappa shape index (κ3) is 2.76. The zero-order valence-electron chi connectivity index (χ0n) is 13.6. The molecule has 1 aromatic heterocycles. The van der Waals surface area contributed by atoms with Gasteiger partial charge >= 0.3 is 0 Å². The number of aromatic nitrogens is 3. The summed E-state index contributed by atoms with van der Waals surface area (Å²) in [4.78, 5) is 14.4. The number of benzene rings is 1. The number of carbonyl (C=O) groups is 1. The van der Waals surface area contributed by atoms with Crippen molar-refractivity contribution in [2.45, 2.75) is 37.6 Å². The van der Waals surface area contributed by atoms with Gasteiger partial charge in [0.15, 0.2) is 5.82 Å². The van der Waals surface area contributed by atoms with Gasteiger partial charge in [0.05, 0.1) is 6.54 Å². The van der Waals surface area contributed by atoms with E-state index in [0.29, 0.717) is 18.4 Å². The molecule has 0 bridgehead atoms. The Balaban J connectivity index is 1.40. The standard InChI is InChI=1S/C18H22N4O/c1-21(11-16-19-20-17(22(16)2)13-8-9-13)18(23)15-10-14(15)12-6-4-3-5-7-12/h3-7,13-15H,8-11H2,1-2H3. The molecule has 1 heterocycles. The number of rotatable bonds is 5. The van der Waals surface area contributed by atoms with Gasteiger partial charge in [-0.2, -0.15) is 0 Å². The molecule has 0 radical (unpaired) electrons. The van der Waals surface area contributed by atoms with Crippen molar-refractivity contribution in [3.63, 3.8) is 0 Å². The second-order valence-corrected chi connectivity index (χ2v) is 6.86. The van der Waals surface area contributed by atoms with Crippen molar-refractivity contribution in [3.05, 3.63) is 47.5 Å². The van der Waals surface area contributed by atoms with Gasteiger partial charge in [0.1, 0.15) is 5.82 Å². The Kier molecular flexibility index (Phi) is 3.43. The minimum atomic E-state index is 0.124. The third-order valence-corrected chi connectivity index (χ3v) is 5.03. The molecule has 0 saturated heterocycles. The van der Waals surface area contributed by atoms with Crippen molar-refractivity contribution in [2.24, 2.45) is 13.0 Å². The third-order valence-electron chi connectivity index (χ3n) is 5.03. The minimum absolute atomic E-state index is 0.124. The molecule has 2 aliphatic rings. The van der Waals surface area contributed by atoms with Gasteiger partial charge in [-0.25, -0.2) is 0 Å². The van der Waals surface area contributed by atoms with Crippen LogP contribution < -0.4 is 0 Å². The van der Waals surface area contributed by atoms with Crippen molar-refractivity contribution < 1.29 is 4.79 Å².